The van der Waals surface area contributed by atoms with Gasteiger partial charge < -0.3 is 19.1 Å². The van der Waals surface area contributed by atoms with Gasteiger partial charge in [0.2, 0.25) is 10.0 Å². The van der Waals surface area contributed by atoms with Crippen LogP contribution in [-0.4, -0.2) is 63.1 Å². The van der Waals surface area contributed by atoms with Crippen molar-refractivity contribution in [3.8, 4) is 11.8 Å². The van der Waals surface area contributed by atoms with Gasteiger partial charge >= 0.3 is 6.01 Å². The number of fused-ring (bicyclic) bond motifs is 2. The molecule has 0 aliphatic carbocycles. The first-order valence-electron chi connectivity index (χ1n) is 12.8. The smallest absolute Gasteiger partial charge is 0.318 e. The van der Waals surface area contributed by atoms with Gasteiger partial charge in [0.05, 0.1) is 24.2 Å². The van der Waals surface area contributed by atoms with Crippen LogP contribution < -0.4 is 14.4 Å². The fraction of sp³-hybridized carbons (Fsp3) is 0.429. The van der Waals surface area contributed by atoms with Crippen LogP contribution in [0.25, 0.3) is 0 Å². The number of ether oxygens (including phenoxy) is 3. The predicted molar refractivity (Wildman–Crippen MR) is 144 cm³/mol. The number of piperidine rings is 1. The zero-order chi connectivity index (χ0) is 26.9. The van der Waals surface area contributed by atoms with Crippen molar-refractivity contribution in [3.63, 3.8) is 0 Å². The van der Waals surface area contributed by atoms with Gasteiger partial charge in [0, 0.05) is 32.9 Å². The minimum atomic E-state index is -3.70. The van der Waals surface area contributed by atoms with Gasteiger partial charge in [-0.05, 0) is 67.1 Å². The van der Waals surface area contributed by atoms with Crippen molar-refractivity contribution in [1.29, 1.82) is 0 Å². The van der Waals surface area contributed by atoms with Gasteiger partial charge in [-0.25, -0.2) is 13.4 Å². The molecule has 2 aliphatic heterocycles. The average Bonchev–Trinajstić information content (AvgIpc) is 3.26. The summed E-state index contributed by atoms with van der Waals surface area (Å²) < 4.78 is 45.1. The van der Waals surface area contributed by atoms with Crippen LogP contribution in [-0.2, 0) is 27.0 Å². The molecule has 0 atom stereocenters. The lowest BCUT2D eigenvalue weighted by Gasteiger charge is -2.39. The summed E-state index contributed by atoms with van der Waals surface area (Å²) in [6.07, 6.45) is 3.45. The van der Waals surface area contributed by atoms with Gasteiger partial charge in [-0.15, -0.1) is 0 Å². The Kier molecular flexibility index (Phi) is 7.30. The van der Waals surface area contributed by atoms with E-state index in [4.69, 9.17) is 14.2 Å². The Morgan fingerprint density at radius 1 is 1.11 bits per heavy atom. The third kappa shape index (κ3) is 4.95. The van der Waals surface area contributed by atoms with Crippen LogP contribution in [0.15, 0.2) is 53.6 Å². The summed E-state index contributed by atoms with van der Waals surface area (Å²) >= 11 is 0. The number of likely N-dealkylation sites (N-methyl/N-ethyl adjacent to an activating group) is 1. The highest BCUT2D eigenvalue weighted by Crippen LogP contribution is 2.44. The molecule has 1 spiro atoms. The Balaban J connectivity index is 1.19. The summed E-state index contributed by atoms with van der Waals surface area (Å²) in [5.74, 6) is 1.42. The fourth-order valence-electron chi connectivity index (χ4n) is 5.45. The highest BCUT2D eigenvalue weighted by atomic mass is 32.2. The highest BCUT2D eigenvalue weighted by Gasteiger charge is 2.42. The first-order valence-corrected chi connectivity index (χ1v) is 14.2. The Bertz CT molecular complexity index is 1400. The molecule has 0 radical (unpaired) electrons. The minimum absolute atomic E-state index is 0.126. The lowest BCUT2D eigenvalue weighted by Crippen LogP contribution is -2.42. The summed E-state index contributed by atoms with van der Waals surface area (Å²) in [6.45, 7) is 6.12. The molecule has 1 fully saturated rings. The van der Waals surface area contributed by atoms with E-state index in [-0.39, 0.29) is 29.7 Å². The lowest BCUT2D eigenvalue weighted by molar-refractivity contribution is -0.0552. The second kappa shape index (κ2) is 10.5. The second-order valence-corrected chi connectivity index (χ2v) is 11.9. The molecule has 0 saturated carbocycles. The Hall–Kier alpha value is -3.21. The van der Waals surface area contributed by atoms with Crippen LogP contribution in [0.2, 0.25) is 0 Å². The van der Waals surface area contributed by atoms with Crippen LogP contribution in [0.1, 0.15) is 35.1 Å². The summed E-state index contributed by atoms with van der Waals surface area (Å²) in [4.78, 5) is 11.3. The molecule has 1 saturated heterocycles. The second-order valence-electron chi connectivity index (χ2n) is 9.89. The topological polar surface area (TPSA) is 94.1 Å². The Labute approximate surface area is 224 Å². The normalized spacial score (nSPS) is 16.6. The van der Waals surface area contributed by atoms with Crippen molar-refractivity contribution >= 4 is 15.8 Å². The zero-order valence-corrected chi connectivity index (χ0v) is 23.1. The molecule has 3 heterocycles. The van der Waals surface area contributed by atoms with E-state index < -0.39 is 10.0 Å². The summed E-state index contributed by atoms with van der Waals surface area (Å²) in [7, 11) is -0.590. The van der Waals surface area contributed by atoms with Crippen molar-refractivity contribution in [1.82, 2.24) is 14.3 Å². The molecule has 202 valence electrons. The standard InChI is InChI=1S/C28H34N4O5S/c1-20-17-23(35-4)18-21(2)26(20)38(33,34)31(3)15-16-36-27-29-12-9-25(30-27)32-13-10-28(11-14-32)24-8-6-5-7-22(24)19-37-28/h5-9,12,17-18H,10-11,13-16,19H2,1-4H3. The van der Waals surface area contributed by atoms with Gasteiger partial charge in [0.25, 0.3) is 0 Å². The minimum Gasteiger partial charge on any atom is -0.497 e. The molecule has 38 heavy (non-hydrogen) atoms. The number of benzene rings is 2. The van der Waals surface area contributed by atoms with E-state index in [0.717, 1.165) is 31.7 Å². The van der Waals surface area contributed by atoms with Crippen LogP contribution in [0.3, 0.4) is 0 Å². The molecule has 10 heteroatoms. The van der Waals surface area contributed by atoms with Crippen molar-refractivity contribution in [2.75, 3.05) is 45.3 Å². The lowest BCUT2D eigenvalue weighted by atomic mass is 9.84. The molecule has 0 bridgehead atoms. The fourth-order valence-corrected chi connectivity index (χ4v) is 7.01. The van der Waals surface area contributed by atoms with Crippen molar-refractivity contribution in [2.24, 2.45) is 0 Å². The van der Waals surface area contributed by atoms with Crippen LogP contribution in [0, 0.1) is 13.8 Å². The number of nitrogens with zero attached hydrogens (tertiary/aromatic N) is 4. The van der Waals surface area contributed by atoms with Gasteiger partial charge in [-0.1, -0.05) is 24.3 Å². The molecular formula is C28H34N4O5S. The third-order valence-electron chi connectivity index (χ3n) is 7.50. The molecule has 0 amide bonds. The van der Waals surface area contributed by atoms with E-state index in [1.165, 1.54) is 15.4 Å². The molecular weight excluding hydrogens is 504 g/mol. The molecule has 1 aromatic heterocycles. The third-order valence-corrected chi connectivity index (χ3v) is 9.66. The van der Waals surface area contributed by atoms with Crippen LogP contribution in [0.5, 0.6) is 11.8 Å². The molecule has 0 unspecified atom stereocenters. The van der Waals surface area contributed by atoms with Crippen LogP contribution in [0.4, 0.5) is 5.82 Å². The number of hydrogen-bond acceptors (Lipinski definition) is 8. The first-order chi connectivity index (χ1) is 18.2. The monoisotopic (exact) mass is 538 g/mol. The maximum absolute atomic E-state index is 13.2. The number of rotatable bonds is 8. The van der Waals surface area contributed by atoms with Gasteiger partial charge in [-0.3, -0.25) is 0 Å². The van der Waals surface area contributed by atoms with Crippen molar-refractivity contribution in [3.05, 3.63) is 70.9 Å². The Morgan fingerprint density at radius 3 is 2.53 bits per heavy atom. The number of aromatic nitrogens is 2. The SMILES string of the molecule is COc1cc(C)c(S(=O)(=O)N(C)CCOc2nccc(N3CCC4(CC3)OCc3ccccc34)n2)c(C)c1. The number of aryl methyl sites for hydroxylation is 2. The van der Waals surface area contributed by atoms with E-state index in [9.17, 15) is 8.42 Å². The van der Waals surface area contributed by atoms with Gasteiger partial charge in [0.1, 0.15) is 18.2 Å². The first kappa shape index (κ1) is 26.4. The number of anilines is 1. The largest absolute Gasteiger partial charge is 0.497 e. The van der Waals surface area contributed by atoms with E-state index in [0.29, 0.717) is 23.5 Å². The summed E-state index contributed by atoms with van der Waals surface area (Å²) in [5.41, 5.74) is 3.66. The van der Waals surface area contributed by atoms with E-state index >= 15 is 0 Å². The summed E-state index contributed by atoms with van der Waals surface area (Å²) in [6, 6.07) is 14.0. The number of methoxy groups -OCH3 is 1. The maximum Gasteiger partial charge on any atom is 0.318 e. The Morgan fingerprint density at radius 2 is 1.82 bits per heavy atom. The van der Waals surface area contributed by atoms with Crippen LogP contribution >= 0.6 is 0 Å². The highest BCUT2D eigenvalue weighted by molar-refractivity contribution is 7.89. The maximum atomic E-state index is 13.2. The molecule has 9 nitrogen and oxygen atoms in total. The molecule has 3 aromatic rings. The molecule has 5 rings (SSSR count). The van der Waals surface area contributed by atoms with Crippen molar-refractivity contribution in [2.45, 2.75) is 43.8 Å². The zero-order valence-electron chi connectivity index (χ0n) is 22.3. The quantitative estimate of drug-likeness (QED) is 0.427. The molecule has 2 aromatic carbocycles. The number of sulfonamides is 1. The van der Waals surface area contributed by atoms with E-state index in [2.05, 4.69) is 39.1 Å². The predicted octanol–water partition coefficient (Wildman–Crippen LogP) is 3.83. The molecule has 0 N–H and O–H groups in total. The summed E-state index contributed by atoms with van der Waals surface area (Å²) in [5, 5.41) is 0. The van der Waals surface area contributed by atoms with Gasteiger partial charge in [0.15, 0.2) is 0 Å². The van der Waals surface area contributed by atoms with E-state index in [1.807, 2.05) is 6.07 Å². The number of hydrogen-bond donors (Lipinski definition) is 0. The molecule has 2 aliphatic rings. The van der Waals surface area contributed by atoms with E-state index in [1.54, 1.807) is 46.3 Å². The van der Waals surface area contributed by atoms with Gasteiger partial charge in [-0.2, -0.15) is 9.29 Å². The van der Waals surface area contributed by atoms with Crippen molar-refractivity contribution < 1.29 is 22.6 Å². The average molecular weight is 539 g/mol.